The Bertz CT molecular complexity index is 1140. The summed E-state index contributed by atoms with van der Waals surface area (Å²) >= 11 is 0. The number of benzene rings is 2. The molecule has 0 saturated carbocycles. The Balaban J connectivity index is 1.72. The largest absolute Gasteiger partial charge is 0.336 e. The van der Waals surface area contributed by atoms with Gasteiger partial charge < -0.3 is 15.7 Å². The minimum atomic E-state index is -0.246. The molecule has 0 radical (unpaired) electrons. The van der Waals surface area contributed by atoms with E-state index in [2.05, 4.69) is 39.0 Å². The van der Waals surface area contributed by atoms with Gasteiger partial charge in [0.05, 0.1) is 10.9 Å². The number of allylic oxidation sites excluding steroid dienone is 2. The molecule has 0 aliphatic carbocycles. The normalized spacial score (nSPS) is 17.1. The van der Waals surface area contributed by atoms with Crippen LogP contribution in [0.5, 0.6) is 0 Å². The Morgan fingerprint density at radius 3 is 2.72 bits per heavy atom. The molecule has 1 unspecified atom stereocenters. The topological polar surface area (TPSA) is 74.7 Å². The van der Waals surface area contributed by atoms with E-state index in [1.165, 1.54) is 11.1 Å². The number of H-pyrrole nitrogens is 2. The highest BCUT2D eigenvalue weighted by Crippen LogP contribution is 2.30. The van der Waals surface area contributed by atoms with Gasteiger partial charge in [-0.3, -0.25) is 4.79 Å². The van der Waals surface area contributed by atoms with E-state index in [4.69, 9.17) is 5.73 Å². The Labute approximate surface area is 147 Å². The molecule has 4 nitrogen and oxygen atoms in total. The van der Waals surface area contributed by atoms with Gasteiger partial charge in [-0.1, -0.05) is 53.0 Å². The Kier molecular flexibility index (Phi) is 4.26. The number of nitrogens with two attached hydrogens (primary N) is 1. The van der Waals surface area contributed by atoms with Gasteiger partial charge in [0, 0.05) is 6.54 Å². The Hall–Kier alpha value is -2.63. The summed E-state index contributed by atoms with van der Waals surface area (Å²) in [5.41, 5.74) is 10.2. The second-order valence-electron chi connectivity index (χ2n) is 6.02. The molecule has 4 N–H and O–H groups in total. The summed E-state index contributed by atoms with van der Waals surface area (Å²) in [6, 6.07) is 15.9. The summed E-state index contributed by atoms with van der Waals surface area (Å²) in [7, 11) is -0.246. The maximum atomic E-state index is 12.3. The van der Waals surface area contributed by atoms with E-state index in [1.54, 1.807) is 0 Å². The fraction of sp³-hybridized carbons (Fsp3) is 0.100. The van der Waals surface area contributed by atoms with Crippen molar-refractivity contribution < 1.29 is 0 Å². The lowest BCUT2D eigenvalue weighted by Gasteiger charge is -2.03. The van der Waals surface area contributed by atoms with Crippen molar-refractivity contribution in [2.75, 3.05) is 0 Å². The molecule has 3 aromatic rings. The molecular weight excluding hydrogens is 330 g/mol. The predicted octanol–water partition coefficient (Wildman–Crippen LogP) is 3.77. The molecule has 1 aliphatic heterocycles. The van der Waals surface area contributed by atoms with Crippen LogP contribution in [0.1, 0.15) is 11.1 Å². The van der Waals surface area contributed by atoms with Gasteiger partial charge in [-0.2, -0.15) is 0 Å². The quantitative estimate of drug-likeness (QED) is 0.630. The first-order valence-corrected chi connectivity index (χ1v) is 9.51. The first kappa shape index (κ1) is 15.9. The summed E-state index contributed by atoms with van der Waals surface area (Å²) < 4.78 is 0.839. The highest BCUT2D eigenvalue weighted by atomic mass is 32.2. The fourth-order valence-corrected chi connectivity index (χ4v) is 4.54. The van der Waals surface area contributed by atoms with Crippen molar-refractivity contribution in [2.45, 2.75) is 13.0 Å². The van der Waals surface area contributed by atoms with Gasteiger partial charge in [-0.25, -0.2) is 0 Å². The molecule has 0 spiro atoms. The average Bonchev–Trinajstić information content (AvgIpc) is 3.10. The molecular formula is C20H19N3OS. The van der Waals surface area contributed by atoms with Gasteiger partial charge in [0.15, 0.2) is 0 Å². The van der Waals surface area contributed by atoms with Crippen molar-refractivity contribution in [3.05, 3.63) is 97.2 Å². The van der Waals surface area contributed by atoms with Crippen LogP contribution in [0.2, 0.25) is 0 Å². The molecule has 2 heterocycles. The van der Waals surface area contributed by atoms with Gasteiger partial charge in [0.2, 0.25) is 0 Å². The van der Waals surface area contributed by atoms with E-state index in [1.807, 2.05) is 36.4 Å². The number of para-hydroxylation sites is 1. The Morgan fingerprint density at radius 1 is 1.00 bits per heavy atom. The maximum absolute atomic E-state index is 12.3. The third kappa shape index (κ3) is 3.29. The van der Waals surface area contributed by atoms with Gasteiger partial charge in [0.1, 0.15) is 4.77 Å². The minimum absolute atomic E-state index is 0.0530. The first-order chi connectivity index (χ1) is 12.2. The lowest BCUT2D eigenvalue weighted by atomic mass is 10.0. The SMILES string of the molecule is NCc1cccc(CC2=CS(=c3[nH]c(=O)c4ccccc4[nH]3)C=C2)c1. The predicted molar refractivity (Wildman–Crippen MR) is 105 cm³/mol. The Morgan fingerprint density at radius 2 is 1.84 bits per heavy atom. The molecule has 1 atom stereocenters. The summed E-state index contributed by atoms with van der Waals surface area (Å²) in [6.07, 6.45) is 3.01. The van der Waals surface area contributed by atoms with Crippen LogP contribution in [0.15, 0.2) is 75.8 Å². The molecule has 25 heavy (non-hydrogen) atoms. The monoisotopic (exact) mass is 349 g/mol. The minimum Gasteiger partial charge on any atom is -0.336 e. The summed E-state index contributed by atoms with van der Waals surface area (Å²) in [5, 5.41) is 5.03. The average molecular weight is 349 g/mol. The van der Waals surface area contributed by atoms with Gasteiger partial charge in [0.25, 0.3) is 5.56 Å². The molecule has 0 amide bonds. The lowest BCUT2D eigenvalue weighted by molar-refractivity contribution is 1.06. The first-order valence-electron chi connectivity index (χ1n) is 8.16. The zero-order valence-electron chi connectivity index (χ0n) is 13.7. The van der Waals surface area contributed by atoms with Crippen molar-refractivity contribution in [1.29, 1.82) is 0 Å². The van der Waals surface area contributed by atoms with Crippen LogP contribution < -0.4 is 11.3 Å². The number of hydrogen-bond acceptors (Lipinski definition) is 2. The lowest BCUT2D eigenvalue weighted by Crippen LogP contribution is -2.07. The third-order valence-corrected chi connectivity index (χ3v) is 5.89. The maximum Gasteiger partial charge on any atom is 0.259 e. The zero-order valence-corrected chi connectivity index (χ0v) is 14.5. The van der Waals surface area contributed by atoms with Crippen LogP contribution in [0.4, 0.5) is 0 Å². The van der Waals surface area contributed by atoms with Crippen LogP contribution in [0.3, 0.4) is 0 Å². The molecule has 1 aliphatic rings. The van der Waals surface area contributed by atoms with Crippen LogP contribution in [-0.2, 0) is 13.0 Å². The highest BCUT2D eigenvalue weighted by Gasteiger charge is 2.06. The van der Waals surface area contributed by atoms with E-state index in [0.717, 1.165) is 22.3 Å². The molecule has 1 aromatic heterocycles. The van der Waals surface area contributed by atoms with Crippen molar-refractivity contribution >= 4 is 21.4 Å². The van der Waals surface area contributed by atoms with E-state index in [0.29, 0.717) is 11.9 Å². The zero-order chi connectivity index (χ0) is 17.2. The van der Waals surface area contributed by atoms with E-state index in [-0.39, 0.29) is 16.0 Å². The third-order valence-electron chi connectivity index (χ3n) is 4.23. The molecule has 5 heteroatoms. The second-order valence-corrected chi connectivity index (χ2v) is 7.68. The van der Waals surface area contributed by atoms with E-state index < -0.39 is 0 Å². The van der Waals surface area contributed by atoms with Crippen LogP contribution in [-0.4, -0.2) is 9.97 Å². The van der Waals surface area contributed by atoms with Crippen molar-refractivity contribution in [2.24, 2.45) is 5.73 Å². The standard InChI is InChI=1S/C20H19N3OS/c21-12-15-5-3-4-14(10-15)11-16-8-9-25(13-16)20-22-18-7-2-1-6-17(18)19(24)23-20/h1-10,13,22H,11-12,21H2,(H,23,24). The molecule has 126 valence electrons. The van der Waals surface area contributed by atoms with Crippen molar-refractivity contribution in [3.63, 3.8) is 0 Å². The smallest absolute Gasteiger partial charge is 0.259 e. The molecule has 0 bridgehead atoms. The number of aromatic nitrogens is 2. The molecule has 2 aromatic carbocycles. The number of rotatable bonds is 3. The number of hydrogen-bond donors (Lipinski definition) is 3. The fourth-order valence-electron chi connectivity index (χ4n) is 2.96. The van der Waals surface area contributed by atoms with Crippen LogP contribution >= 0.6 is 10.5 Å². The number of aromatic amines is 2. The highest BCUT2D eigenvalue weighted by molar-refractivity contribution is 8.14. The molecule has 0 saturated heterocycles. The second kappa shape index (κ2) is 6.70. The van der Waals surface area contributed by atoms with Crippen molar-refractivity contribution in [3.8, 4) is 0 Å². The van der Waals surface area contributed by atoms with Gasteiger partial charge >= 0.3 is 0 Å². The van der Waals surface area contributed by atoms with E-state index in [9.17, 15) is 4.79 Å². The van der Waals surface area contributed by atoms with Crippen LogP contribution in [0, 0.1) is 4.77 Å². The number of nitrogens with one attached hydrogen (secondary N) is 2. The van der Waals surface area contributed by atoms with E-state index >= 15 is 0 Å². The van der Waals surface area contributed by atoms with Gasteiger partial charge in [-0.15, -0.1) is 0 Å². The van der Waals surface area contributed by atoms with Crippen LogP contribution in [0.25, 0.3) is 10.9 Å². The summed E-state index contributed by atoms with van der Waals surface area (Å²) in [4.78, 5) is 18.6. The summed E-state index contributed by atoms with van der Waals surface area (Å²) in [6.45, 7) is 0.556. The number of fused-ring (bicyclic) bond motifs is 1. The molecule has 4 rings (SSSR count). The van der Waals surface area contributed by atoms with Gasteiger partial charge in [-0.05, 0) is 46.1 Å². The summed E-state index contributed by atoms with van der Waals surface area (Å²) in [5.74, 6) is 0. The van der Waals surface area contributed by atoms with Crippen molar-refractivity contribution in [1.82, 2.24) is 9.97 Å². The molecule has 0 fully saturated rings.